The second kappa shape index (κ2) is 8.35. The van der Waals surface area contributed by atoms with Gasteiger partial charge in [-0.15, -0.1) is 0 Å². The van der Waals surface area contributed by atoms with Gasteiger partial charge in [-0.1, -0.05) is 72.8 Å². The van der Waals surface area contributed by atoms with Crippen molar-refractivity contribution >= 4 is 32.3 Å². The van der Waals surface area contributed by atoms with E-state index in [1.54, 1.807) is 0 Å². The maximum atomic E-state index is 12.5. The Morgan fingerprint density at radius 1 is 0.364 bits per heavy atom. The Labute approximate surface area is 181 Å². The second-order valence-electron chi connectivity index (χ2n) is 7.08. The van der Waals surface area contributed by atoms with E-state index < -0.39 is 40.8 Å². The third kappa shape index (κ3) is 3.86. The van der Waals surface area contributed by atoms with Gasteiger partial charge in [-0.2, -0.15) is 13.2 Å². The highest BCUT2D eigenvalue weighted by Gasteiger charge is 2.42. The minimum Gasteiger partial charge on any atom is -0.203 e. The minimum atomic E-state index is -5.65. The molecule has 0 bridgehead atoms. The number of rotatable bonds is 0. The highest BCUT2D eigenvalue weighted by molar-refractivity contribution is 6.25. The monoisotopic (exact) mass is 464 g/mol. The Morgan fingerprint density at radius 3 is 0.788 bits per heavy atom. The molecule has 0 saturated carbocycles. The first kappa shape index (κ1) is 22.5. The molecular weight excluding hydrogens is 452 g/mol. The van der Waals surface area contributed by atoms with Crippen molar-refractivity contribution in [2.75, 3.05) is 0 Å². The van der Waals surface area contributed by atoms with Gasteiger partial charge in [0.1, 0.15) is 5.56 Å². The van der Waals surface area contributed by atoms with Crippen LogP contribution in [0.5, 0.6) is 0 Å². The Kier molecular flexibility index (Phi) is 5.69. The van der Waals surface area contributed by atoms with Gasteiger partial charge < -0.3 is 0 Å². The van der Waals surface area contributed by atoms with E-state index in [-0.39, 0.29) is 0 Å². The molecule has 33 heavy (non-hydrogen) atoms. The zero-order valence-electron chi connectivity index (χ0n) is 16.5. The van der Waals surface area contributed by atoms with Gasteiger partial charge in [-0.25, -0.2) is 22.0 Å². The van der Waals surface area contributed by atoms with E-state index >= 15 is 0 Å². The first-order chi connectivity index (χ1) is 15.6. The third-order valence-corrected chi connectivity index (χ3v) is 5.14. The summed E-state index contributed by atoms with van der Waals surface area (Å²) >= 11 is 0. The normalized spacial score (nSPS) is 11.6. The summed E-state index contributed by atoms with van der Waals surface area (Å²) in [5, 5.41) is 8.04. The van der Waals surface area contributed by atoms with Crippen molar-refractivity contribution in [1.82, 2.24) is 0 Å². The van der Waals surface area contributed by atoms with Gasteiger partial charge in [0.15, 0.2) is 23.3 Å². The molecule has 0 fully saturated rings. The molecule has 5 aromatic rings. The number of fused-ring (bicyclic) bond motifs is 6. The van der Waals surface area contributed by atoms with Crippen LogP contribution >= 0.6 is 0 Å². The molecule has 0 nitrogen and oxygen atoms in total. The van der Waals surface area contributed by atoms with Gasteiger partial charge in [-0.05, 0) is 32.3 Å². The van der Waals surface area contributed by atoms with Crippen molar-refractivity contribution in [1.29, 1.82) is 0 Å². The maximum Gasteiger partial charge on any atom is 0.422 e. The fourth-order valence-electron chi connectivity index (χ4n) is 3.71. The largest absolute Gasteiger partial charge is 0.422 e. The van der Waals surface area contributed by atoms with Gasteiger partial charge in [0.2, 0.25) is 5.82 Å². The molecule has 0 aliphatic rings. The summed E-state index contributed by atoms with van der Waals surface area (Å²) in [6, 6.07) is 26.0. The van der Waals surface area contributed by atoms with Crippen LogP contribution < -0.4 is 0 Å². The van der Waals surface area contributed by atoms with Crippen molar-refractivity contribution in [2.45, 2.75) is 6.18 Å². The molecule has 0 heterocycles. The molecule has 5 aromatic carbocycles. The van der Waals surface area contributed by atoms with Crippen molar-refractivity contribution in [3.63, 3.8) is 0 Å². The zero-order chi connectivity index (χ0) is 23.9. The molecule has 5 rings (SSSR count). The standard InChI is InChI=1S/C18H12.C7F8/c1-2-8-14-13(7-1)15-9-3-4-11-17(15)18-12-6-5-10-16(14)18;8-2-1(7(13,14)15)3(9)5(11)6(12)4(2)10/h1-12H;. The van der Waals surface area contributed by atoms with E-state index in [0.717, 1.165) is 0 Å². The molecular formula is C25H12F8. The Balaban J connectivity index is 0.000000161. The number of alkyl halides is 3. The topological polar surface area (TPSA) is 0 Å². The SMILES string of the molecule is Fc1c(F)c(F)c(C(F)(F)F)c(F)c1F.c1ccc2c(c1)c1ccccc1c1ccccc21. The van der Waals surface area contributed by atoms with Crippen LogP contribution in [0.15, 0.2) is 72.8 Å². The molecule has 0 aliphatic carbocycles. The molecule has 0 aliphatic heterocycles. The molecule has 0 unspecified atom stereocenters. The zero-order valence-corrected chi connectivity index (χ0v) is 16.5. The van der Waals surface area contributed by atoms with Crippen LogP contribution in [0.2, 0.25) is 0 Å². The lowest BCUT2D eigenvalue weighted by Crippen LogP contribution is -2.16. The fraction of sp³-hybridized carbons (Fsp3) is 0.0400. The Bertz CT molecular complexity index is 1250. The number of halogens is 8. The molecule has 0 spiro atoms. The summed E-state index contributed by atoms with van der Waals surface area (Å²) in [4.78, 5) is 0. The maximum absolute atomic E-state index is 12.5. The van der Waals surface area contributed by atoms with Crippen LogP contribution in [0, 0.1) is 29.1 Å². The number of hydrogen-bond acceptors (Lipinski definition) is 0. The summed E-state index contributed by atoms with van der Waals surface area (Å²) in [6.45, 7) is 0. The smallest absolute Gasteiger partial charge is 0.203 e. The molecule has 0 N–H and O–H groups in total. The molecule has 0 amide bonds. The molecule has 0 atom stereocenters. The van der Waals surface area contributed by atoms with Gasteiger partial charge in [0.25, 0.3) is 0 Å². The first-order valence-electron chi connectivity index (χ1n) is 9.49. The van der Waals surface area contributed by atoms with Gasteiger partial charge in [-0.3, -0.25) is 0 Å². The van der Waals surface area contributed by atoms with Crippen LogP contribution in [0.3, 0.4) is 0 Å². The van der Waals surface area contributed by atoms with Crippen molar-refractivity contribution in [3.05, 3.63) is 107 Å². The molecule has 0 radical (unpaired) electrons. The van der Waals surface area contributed by atoms with Crippen molar-refractivity contribution < 1.29 is 35.1 Å². The van der Waals surface area contributed by atoms with Crippen molar-refractivity contribution in [2.24, 2.45) is 0 Å². The lowest BCUT2D eigenvalue weighted by molar-refractivity contribution is -0.143. The highest BCUT2D eigenvalue weighted by atomic mass is 19.4. The lowest BCUT2D eigenvalue weighted by Gasteiger charge is -2.10. The summed E-state index contributed by atoms with van der Waals surface area (Å²) in [5.41, 5.74) is -2.79. The van der Waals surface area contributed by atoms with Gasteiger partial charge in [0.05, 0.1) is 0 Å². The van der Waals surface area contributed by atoms with E-state index in [0.29, 0.717) is 0 Å². The Morgan fingerprint density at radius 2 is 0.576 bits per heavy atom. The summed E-state index contributed by atoms with van der Waals surface area (Å²) in [7, 11) is 0. The van der Waals surface area contributed by atoms with Crippen LogP contribution in [0.4, 0.5) is 35.1 Å². The highest BCUT2D eigenvalue weighted by Crippen LogP contribution is 2.36. The predicted octanol–water partition coefficient (Wildman–Crippen LogP) is 8.55. The second-order valence-corrected chi connectivity index (χ2v) is 7.08. The third-order valence-electron chi connectivity index (χ3n) is 5.14. The first-order valence-corrected chi connectivity index (χ1v) is 9.49. The molecule has 0 aromatic heterocycles. The van der Waals surface area contributed by atoms with Gasteiger partial charge in [0, 0.05) is 0 Å². The van der Waals surface area contributed by atoms with Crippen LogP contribution in [-0.4, -0.2) is 0 Å². The fourth-order valence-corrected chi connectivity index (χ4v) is 3.71. The van der Waals surface area contributed by atoms with Crippen LogP contribution in [0.1, 0.15) is 5.56 Å². The van der Waals surface area contributed by atoms with E-state index in [4.69, 9.17) is 0 Å². The summed E-state index contributed by atoms with van der Waals surface area (Å²) in [6.07, 6.45) is -5.65. The van der Waals surface area contributed by atoms with Crippen molar-refractivity contribution in [3.8, 4) is 0 Å². The molecule has 0 saturated heterocycles. The lowest BCUT2D eigenvalue weighted by atomic mass is 9.95. The van der Waals surface area contributed by atoms with E-state index in [1.807, 2.05) is 0 Å². The average Bonchev–Trinajstić information content (AvgIpc) is 2.81. The Hall–Kier alpha value is -3.68. The van der Waals surface area contributed by atoms with E-state index in [9.17, 15) is 35.1 Å². The van der Waals surface area contributed by atoms with E-state index in [1.165, 1.54) is 32.3 Å². The van der Waals surface area contributed by atoms with Crippen LogP contribution in [-0.2, 0) is 6.18 Å². The summed E-state index contributed by atoms with van der Waals surface area (Å²) < 4.78 is 97.3. The molecule has 168 valence electrons. The minimum absolute atomic E-state index is 1.34. The quantitative estimate of drug-likeness (QED) is 0.0932. The number of benzene rings is 5. The average molecular weight is 464 g/mol. The number of hydrogen-bond donors (Lipinski definition) is 0. The molecule has 8 heteroatoms. The van der Waals surface area contributed by atoms with Gasteiger partial charge >= 0.3 is 6.18 Å². The predicted molar refractivity (Wildman–Crippen MR) is 110 cm³/mol. The summed E-state index contributed by atoms with van der Waals surface area (Å²) in [5.74, 6) is -13.7. The van der Waals surface area contributed by atoms with Crippen LogP contribution in [0.25, 0.3) is 32.3 Å². The van der Waals surface area contributed by atoms with E-state index in [2.05, 4.69) is 72.8 Å².